The van der Waals surface area contributed by atoms with E-state index in [1.165, 1.54) is 0 Å². The number of methoxy groups -OCH3 is 1. The van der Waals surface area contributed by atoms with Gasteiger partial charge in [-0.25, -0.2) is 0 Å². The second-order valence-electron chi connectivity index (χ2n) is 3.63. The largest absolute Gasteiger partial charge is 0.497 e. The molecule has 0 saturated carbocycles. The van der Waals surface area contributed by atoms with Crippen LogP contribution in [0.15, 0.2) is 24.3 Å². The summed E-state index contributed by atoms with van der Waals surface area (Å²) in [5.41, 5.74) is 0. The van der Waals surface area contributed by atoms with E-state index in [-0.39, 0.29) is 6.10 Å². The molecule has 4 heteroatoms. The van der Waals surface area contributed by atoms with E-state index < -0.39 is 11.9 Å². The molecule has 0 heterocycles. The van der Waals surface area contributed by atoms with Gasteiger partial charge in [0.15, 0.2) is 0 Å². The average molecular weight is 224 g/mol. The number of ether oxygens (including phenoxy) is 2. The normalized spacial score (nSPS) is 13.9. The first kappa shape index (κ1) is 12.4. The van der Waals surface area contributed by atoms with Crippen LogP contribution >= 0.6 is 0 Å². The van der Waals surface area contributed by atoms with E-state index >= 15 is 0 Å². The number of carbonyl (C=O) groups is 1. The Bertz CT molecular complexity index is 345. The van der Waals surface area contributed by atoms with Crippen molar-refractivity contribution in [1.29, 1.82) is 0 Å². The van der Waals surface area contributed by atoms with Crippen molar-refractivity contribution in [3.05, 3.63) is 24.3 Å². The van der Waals surface area contributed by atoms with Crippen LogP contribution in [0.2, 0.25) is 0 Å². The van der Waals surface area contributed by atoms with Crippen LogP contribution in [0, 0.1) is 5.92 Å². The molecule has 0 radical (unpaired) electrons. The third-order valence-electron chi connectivity index (χ3n) is 2.48. The maximum atomic E-state index is 10.7. The van der Waals surface area contributed by atoms with Crippen LogP contribution in [0.1, 0.15) is 13.8 Å². The summed E-state index contributed by atoms with van der Waals surface area (Å²) in [6.07, 6.45) is -0.370. The van der Waals surface area contributed by atoms with Gasteiger partial charge in [0.2, 0.25) is 0 Å². The molecule has 0 amide bonds. The second-order valence-corrected chi connectivity index (χ2v) is 3.63. The first-order chi connectivity index (χ1) is 7.54. The highest BCUT2D eigenvalue weighted by Gasteiger charge is 2.20. The number of benzene rings is 1. The highest BCUT2D eigenvalue weighted by molar-refractivity contribution is 5.70. The van der Waals surface area contributed by atoms with Crippen molar-refractivity contribution in [2.75, 3.05) is 7.11 Å². The molecule has 1 rings (SSSR count). The van der Waals surface area contributed by atoms with E-state index in [1.54, 1.807) is 45.2 Å². The smallest absolute Gasteiger partial charge is 0.309 e. The van der Waals surface area contributed by atoms with Gasteiger partial charge in [-0.15, -0.1) is 0 Å². The molecule has 4 nitrogen and oxygen atoms in total. The van der Waals surface area contributed by atoms with Gasteiger partial charge < -0.3 is 14.6 Å². The molecule has 0 aliphatic heterocycles. The molecule has 1 N–H and O–H groups in total. The quantitative estimate of drug-likeness (QED) is 0.832. The fourth-order valence-electron chi connectivity index (χ4n) is 1.17. The third kappa shape index (κ3) is 3.15. The van der Waals surface area contributed by atoms with Gasteiger partial charge >= 0.3 is 5.97 Å². The van der Waals surface area contributed by atoms with Crippen molar-refractivity contribution < 1.29 is 19.4 Å². The topological polar surface area (TPSA) is 55.8 Å². The van der Waals surface area contributed by atoms with Gasteiger partial charge in [-0.2, -0.15) is 0 Å². The highest BCUT2D eigenvalue weighted by atomic mass is 16.5. The van der Waals surface area contributed by atoms with Crippen molar-refractivity contribution in [1.82, 2.24) is 0 Å². The summed E-state index contributed by atoms with van der Waals surface area (Å²) in [6, 6.07) is 7.05. The van der Waals surface area contributed by atoms with Crippen molar-refractivity contribution in [2.24, 2.45) is 5.92 Å². The van der Waals surface area contributed by atoms with Gasteiger partial charge in [-0.05, 0) is 38.1 Å². The van der Waals surface area contributed by atoms with E-state index in [1.807, 2.05) is 0 Å². The molecule has 0 aromatic heterocycles. The van der Waals surface area contributed by atoms with Crippen molar-refractivity contribution in [3.63, 3.8) is 0 Å². The lowest BCUT2D eigenvalue weighted by atomic mass is 10.1. The van der Waals surface area contributed by atoms with Gasteiger partial charge in [0.05, 0.1) is 13.0 Å². The van der Waals surface area contributed by atoms with Gasteiger partial charge in [0, 0.05) is 0 Å². The van der Waals surface area contributed by atoms with E-state index in [2.05, 4.69) is 0 Å². The van der Waals surface area contributed by atoms with Crippen LogP contribution in [0.25, 0.3) is 0 Å². The fourth-order valence-corrected chi connectivity index (χ4v) is 1.17. The fraction of sp³-hybridized carbons (Fsp3) is 0.417. The summed E-state index contributed by atoms with van der Waals surface area (Å²) in [4.78, 5) is 10.7. The van der Waals surface area contributed by atoms with Crippen LogP contribution in [-0.2, 0) is 4.79 Å². The number of rotatable bonds is 5. The zero-order chi connectivity index (χ0) is 12.1. The standard InChI is InChI=1S/C12H16O4/c1-8(12(13)14)9(2)16-11-6-4-10(15-3)5-7-11/h4-9H,1-3H3,(H,13,14). The predicted octanol–water partition coefficient (Wildman–Crippen LogP) is 2.18. The first-order valence-corrected chi connectivity index (χ1v) is 5.08. The zero-order valence-corrected chi connectivity index (χ0v) is 9.64. The summed E-state index contributed by atoms with van der Waals surface area (Å²) in [5, 5.41) is 8.81. The summed E-state index contributed by atoms with van der Waals surface area (Å²) in [5.74, 6) is -0.0178. The number of hydrogen-bond acceptors (Lipinski definition) is 3. The molecule has 0 spiro atoms. The SMILES string of the molecule is COc1ccc(OC(C)C(C)C(=O)O)cc1. The molecule has 0 fully saturated rings. The Balaban J connectivity index is 2.62. The third-order valence-corrected chi connectivity index (χ3v) is 2.48. The van der Waals surface area contributed by atoms with Crippen LogP contribution in [0.3, 0.4) is 0 Å². The number of aliphatic carboxylic acids is 1. The van der Waals surface area contributed by atoms with Crippen molar-refractivity contribution in [2.45, 2.75) is 20.0 Å². The molecule has 2 atom stereocenters. The summed E-state index contributed by atoms with van der Waals surface area (Å²) < 4.78 is 10.5. The lowest BCUT2D eigenvalue weighted by molar-refractivity contribution is -0.143. The number of hydrogen-bond donors (Lipinski definition) is 1. The molecule has 1 aromatic carbocycles. The Morgan fingerprint density at radius 1 is 1.19 bits per heavy atom. The van der Waals surface area contributed by atoms with Crippen LogP contribution in [0.5, 0.6) is 11.5 Å². The van der Waals surface area contributed by atoms with Crippen molar-refractivity contribution >= 4 is 5.97 Å². The predicted molar refractivity (Wildman–Crippen MR) is 59.9 cm³/mol. The Kier molecular flexibility index (Phi) is 4.17. The van der Waals surface area contributed by atoms with Gasteiger partial charge in [-0.1, -0.05) is 0 Å². The molecule has 16 heavy (non-hydrogen) atoms. The van der Waals surface area contributed by atoms with Crippen molar-refractivity contribution in [3.8, 4) is 11.5 Å². The molecule has 0 saturated heterocycles. The Labute approximate surface area is 94.8 Å². The average Bonchev–Trinajstić information content (AvgIpc) is 2.28. The minimum atomic E-state index is -0.860. The van der Waals surface area contributed by atoms with E-state index in [4.69, 9.17) is 14.6 Å². The number of carboxylic acids is 1. The monoisotopic (exact) mass is 224 g/mol. The van der Waals surface area contributed by atoms with E-state index in [0.29, 0.717) is 5.75 Å². The maximum Gasteiger partial charge on any atom is 0.309 e. The molecular formula is C12H16O4. The minimum Gasteiger partial charge on any atom is -0.497 e. The Morgan fingerprint density at radius 2 is 1.69 bits per heavy atom. The van der Waals surface area contributed by atoms with Crippen LogP contribution in [-0.4, -0.2) is 24.3 Å². The molecular weight excluding hydrogens is 208 g/mol. The molecule has 1 aromatic rings. The number of carboxylic acid groups (broad SMARTS) is 1. The van der Waals surface area contributed by atoms with E-state index in [9.17, 15) is 4.79 Å². The second kappa shape index (κ2) is 5.39. The molecule has 88 valence electrons. The maximum absolute atomic E-state index is 10.7. The molecule has 0 aliphatic carbocycles. The summed E-state index contributed by atoms with van der Waals surface area (Å²) in [7, 11) is 1.59. The lowest BCUT2D eigenvalue weighted by Crippen LogP contribution is -2.27. The van der Waals surface area contributed by atoms with Gasteiger partial charge in [0.1, 0.15) is 17.6 Å². The van der Waals surface area contributed by atoms with Crippen LogP contribution < -0.4 is 9.47 Å². The lowest BCUT2D eigenvalue weighted by Gasteiger charge is -2.18. The molecule has 0 aliphatic rings. The first-order valence-electron chi connectivity index (χ1n) is 5.08. The molecule has 0 bridgehead atoms. The highest BCUT2D eigenvalue weighted by Crippen LogP contribution is 2.20. The Hall–Kier alpha value is -1.71. The van der Waals surface area contributed by atoms with Gasteiger partial charge in [-0.3, -0.25) is 4.79 Å². The van der Waals surface area contributed by atoms with Gasteiger partial charge in [0.25, 0.3) is 0 Å². The summed E-state index contributed by atoms with van der Waals surface area (Å²) in [6.45, 7) is 3.36. The van der Waals surface area contributed by atoms with Crippen LogP contribution in [0.4, 0.5) is 0 Å². The summed E-state index contributed by atoms with van der Waals surface area (Å²) >= 11 is 0. The minimum absolute atomic E-state index is 0.370. The zero-order valence-electron chi connectivity index (χ0n) is 9.64. The Morgan fingerprint density at radius 3 is 2.12 bits per heavy atom. The molecule has 2 unspecified atom stereocenters. The van der Waals surface area contributed by atoms with E-state index in [0.717, 1.165) is 5.75 Å².